The first kappa shape index (κ1) is 15.7. The van der Waals surface area contributed by atoms with E-state index < -0.39 is 5.97 Å². The van der Waals surface area contributed by atoms with Crippen LogP contribution in [0.2, 0.25) is 0 Å². The summed E-state index contributed by atoms with van der Waals surface area (Å²) in [6.07, 6.45) is 0. The van der Waals surface area contributed by atoms with Gasteiger partial charge in [-0.25, -0.2) is 4.79 Å². The molecule has 1 aromatic heterocycles. The number of hydrogen-bond donors (Lipinski definition) is 0. The van der Waals surface area contributed by atoms with E-state index in [0.29, 0.717) is 21.9 Å². The number of ether oxygens (including phenoxy) is 3. The molecule has 3 aromatic rings. The molecule has 0 amide bonds. The lowest BCUT2D eigenvalue weighted by molar-refractivity contribution is 0.0479. The van der Waals surface area contributed by atoms with Gasteiger partial charge in [0.25, 0.3) is 0 Å². The quantitative estimate of drug-likeness (QED) is 0.524. The van der Waals surface area contributed by atoms with Crippen LogP contribution >= 0.6 is 11.3 Å². The molecule has 4 rings (SSSR count). The zero-order chi connectivity index (χ0) is 17.4. The number of carbonyl (C=O) groups excluding carboxylic acids is 2. The summed E-state index contributed by atoms with van der Waals surface area (Å²) in [5, 5.41) is 1.03. The van der Waals surface area contributed by atoms with Crippen LogP contribution in [0.1, 0.15) is 25.6 Å². The minimum Gasteiger partial charge on any atom is -0.454 e. The van der Waals surface area contributed by atoms with Gasteiger partial charge in [-0.15, -0.1) is 11.3 Å². The lowest BCUT2D eigenvalue weighted by Gasteiger charge is -2.05. The molecule has 5 nitrogen and oxygen atoms in total. The van der Waals surface area contributed by atoms with Crippen molar-refractivity contribution in [1.29, 1.82) is 0 Å². The Bertz CT molecular complexity index is 989. The topological polar surface area (TPSA) is 61.8 Å². The Morgan fingerprint density at radius 1 is 1.12 bits per heavy atom. The Hall–Kier alpha value is -2.86. The summed E-state index contributed by atoms with van der Waals surface area (Å²) < 4.78 is 16.7. The van der Waals surface area contributed by atoms with Crippen molar-refractivity contribution < 1.29 is 23.8 Å². The van der Waals surface area contributed by atoms with Crippen LogP contribution in [-0.4, -0.2) is 25.2 Å². The van der Waals surface area contributed by atoms with Crippen molar-refractivity contribution in [3.63, 3.8) is 0 Å². The molecule has 126 valence electrons. The average Bonchev–Trinajstić information content (AvgIpc) is 3.23. The van der Waals surface area contributed by atoms with Gasteiger partial charge in [0.2, 0.25) is 6.79 Å². The van der Waals surface area contributed by atoms with E-state index in [2.05, 4.69) is 0 Å². The Labute approximate surface area is 147 Å². The number of fused-ring (bicyclic) bond motifs is 2. The Balaban J connectivity index is 1.47. The molecule has 0 radical (unpaired) electrons. The van der Waals surface area contributed by atoms with Crippen LogP contribution in [0.4, 0.5) is 0 Å². The van der Waals surface area contributed by atoms with Crippen molar-refractivity contribution in [2.75, 3.05) is 13.4 Å². The molecule has 0 saturated carbocycles. The van der Waals surface area contributed by atoms with Crippen LogP contribution < -0.4 is 9.47 Å². The number of rotatable bonds is 4. The van der Waals surface area contributed by atoms with Gasteiger partial charge in [0, 0.05) is 10.3 Å². The van der Waals surface area contributed by atoms with Crippen LogP contribution in [0.15, 0.2) is 42.5 Å². The highest BCUT2D eigenvalue weighted by Crippen LogP contribution is 2.33. The fourth-order valence-corrected chi connectivity index (χ4v) is 3.82. The van der Waals surface area contributed by atoms with E-state index in [1.807, 2.05) is 31.2 Å². The zero-order valence-electron chi connectivity index (χ0n) is 13.4. The predicted octanol–water partition coefficient (Wildman–Crippen LogP) is 3.98. The molecule has 25 heavy (non-hydrogen) atoms. The van der Waals surface area contributed by atoms with Crippen molar-refractivity contribution >= 4 is 33.2 Å². The van der Waals surface area contributed by atoms with Gasteiger partial charge in [0.15, 0.2) is 23.9 Å². The van der Waals surface area contributed by atoms with Crippen LogP contribution in [0.3, 0.4) is 0 Å². The third kappa shape index (κ3) is 2.85. The van der Waals surface area contributed by atoms with Gasteiger partial charge >= 0.3 is 5.97 Å². The van der Waals surface area contributed by atoms with Crippen LogP contribution in [-0.2, 0) is 4.74 Å². The second-order valence-corrected chi connectivity index (χ2v) is 6.67. The summed E-state index contributed by atoms with van der Waals surface area (Å²) in [6, 6.07) is 12.7. The van der Waals surface area contributed by atoms with Crippen molar-refractivity contribution in [3.05, 3.63) is 58.5 Å². The third-order valence-corrected chi connectivity index (χ3v) is 5.31. The summed E-state index contributed by atoms with van der Waals surface area (Å²) in [7, 11) is 0. The first-order chi connectivity index (χ1) is 12.1. The molecule has 0 N–H and O–H groups in total. The highest BCUT2D eigenvalue weighted by molar-refractivity contribution is 7.21. The summed E-state index contributed by atoms with van der Waals surface area (Å²) in [6.45, 7) is 1.72. The SMILES string of the molecule is Cc1c(C(=O)OCC(=O)c2ccc3c(c2)OCO3)sc2ccccc12. The molecular formula is C19H14O5S. The second kappa shape index (κ2) is 6.22. The Morgan fingerprint density at radius 2 is 1.92 bits per heavy atom. The standard InChI is InChI=1S/C19H14O5S/c1-11-13-4-2-3-5-17(13)25-18(11)19(21)22-9-14(20)12-6-7-15-16(8-12)24-10-23-15/h2-8H,9-10H2,1H3. The van der Waals surface area contributed by atoms with Crippen molar-refractivity contribution in [3.8, 4) is 11.5 Å². The number of carbonyl (C=O) groups is 2. The molecule has 6 heteroatoms. The largest absolute Gasteiger partial charge is 0.454 e. The highest BCUT2D eigenvalue weighted by Gasteiger charge is 2.20. The predicted molar refractivity (Wildman–Crippen MR) is 93.7 cm³/mol. The van der Waals surface area contributed by atoms with Gasteiger partial charge in [-0.1, -0.05) is 18.2 Å². The normalized spacial score (nSPS) is 12.4. The van der Waals surface area contributed by atoms with E-state index >= 15 is 0 Å². The first-order valence-corrected chi connectivity index (χ1v) is 8.53. The number of aryl methyl sites for hydroxylation is 1. The van der Waals surface area contributed by atoms with Crippen LogP contribution in [0.25, 0.3) is 10.1 Å². The molecule has 2 aromatic carbocycles. The fraction of sp³-hybridized carbons (Fsp3) is 0.158. The Morgan fingerprint density at radius 3 is 2.76 bits per heavy atom. The molecule has 2 heterocycles. The van der Waals surface area contributed by atoms with E-state index in [0.717, 1.165) is 15.6 Å². The number of Topliss-reactive ketones (excluding diaryl/α,β-unsaturated/α-hetero) is 1. The van der Waals surface area contributed by atoms with Crippen molar-refractivity contribution in [2.24, 2.45) is 0 Å². The summed E-state index contributed by atoms with van der Waals surface area (Å²) >= 11 is 1.37. The molecule has 1 aliphatic heterocycles. The lowest BCUT2D eigenvalue weighted by Crippen LogP contribution is -2.14. The van der Waals surface area contributed by atoms with Crippen molar-refractivity contribution in [2.45, 2.75) is 6.92 Å². The van der Waals surface area contributed by atoms with E-state index in [1.54, 1.807) is 18.2 Å². The zero-order valence-corrected chi connectivity index (χ0v) is 14.2. The van der Waals surface area contributed by atoms with E-state index in [1.165, 1.54) is 11.3 Å². The number of thiophene rings is 1. The lowest BCUT2D eigenvalue weighted by atomic mass is 10.1. The van der Waals surface area contributed by atoms with Gasteiger partial charge in [0.1, 0.15) is 4.88 Å². The fourth-order valence-electron chi connectivity index (χ4n) is 2.72. The van der Waals surface area contributed by atoms with Gasteiger partial charge in [-0.05, 0) is 42.1 Å². The molecule has 0 spiro atoms. The van der Waals surface area contributed by atoms with Gasteiger partial charge in [-0.2, -0.15) is 0 Å². The second-order valence-electron chi connectivity index (χ2n) is 5.62. The maximum atomic E-state index is 12.3. The van der Waals surface area contributed by atoms with Gasteiger partial charge in [-0.3, -0.25) is 4.79 Å². The van der Waals surface area contributed by atoms with E-state index in [9.17, 15) is 9.59 Å². The maximum Gasteiger partial charge on any atom is 0.349 e. The van der Waals surface area contributed by atoms with Gasteiger partial charge < -0.3 is 14.2 Å². The molecule has 1 aliphatic rings. The Kier molecular flexibility index (Phi) is 3.89. The number of hydrogen-bond acceptors (Lipinski definition) is 6. The minimum atomic E-state index is -0.479. The summed E-state index contributed by atoms with van der Waals surface area (Å²) in [4.78, 5) is 25.1. The summed E-state index contributed by atoms with van der Waals surface area (Å²) in [5.74, 6) is 0.366. The highest BCUT2D eigenvalue weighted by atomic mass is 32.1. The first-order valence-electron chi connectivity index (χ1n) is 7.71. The number of ketones is 1. The maximum absolute atomic E-state index is 12.3. The van der Waals surface area contributed by atoms with Crippen LogP contribution in [0, 0.1) is 6.92 Å². The smallest absolute Gasteiger partial charge is 0.349 e. The average molecular weight is 354 g/mol. The molecule has 0 unspecified atom stereocenters. The molecule has 0 aliphatic carbocycles. The monoisotopic (exact) mass is 354 g/mol. The molecule has 0 saturated heterocycles. The number of benzene rings is 2. The molecule has 0 fully saturated rings. The van der Waals surface area contributed by atoms with E-state index in [4.69, 9.17) is 14.2 Å². The number of esters is 1. The van der Waals surface area contributed by atoms with E-state index in [-0.39, 0.29) is 19.2 Å². The van der Waals surface area contributed by atoms with Gasteiger partial charge in [0.05, 0.1) is 0 Å². The molecule has 0 bridgehead atoms. The molecule has 0 atom stereocenters. The minimum absolute atomic E-state index is 0.146. The van der Waals surface area contributed by atoms with Crippen LogP contribution in [0.5, 0.6) is 11.5 Å². The van der Waals surface area contributed by atoms with Crippen molar-refractivity contribution in [1.82, 2.24) is 0 Å². The third-order valence-electron chi connectivity index (χ3n) is 4.06. The molecular weight excluding hydrogens is 340 g/mol. The summed E-state index contributed by atoms with van der Waals surface area (Å²) in [5.41, 5.74) is 1.30.